The van der Waals surface area contributed by atoms with E-state index in [9.17, 15) is 18.4 Å². The molecule has 1 fully saturated rings. The average Bonchev–Trinajstić information content (AvgIpc) is 3.20. The zero-order chi connectivity index (χ0) is 20.3. The predicted molar refractivity (Wildman–Crippen MR) is 96.3 cm³/mol. The first-order valence-corrected chi connectivity index (χ1v) is 8.61. The summed E-state index contributed by atoms with van der Waals surface area (Å²) >= 11 is 0. The van der Waals surface area contributed by atoms with E-state index in [1.165, 1.54) is 44.9 Å². The summed E-state index contributed by atoms with van der Waals surface area (Å²) < 4.78 is 42.8. The van der Waals surface area contributed by atoms with Crippen LogP contribution in [-0.4, -0.2) is 49.9 Å². The molecule has 0 aliphatic carbocycles. The van der Waals surface area contributed by atoms with Crippen LogP contribution in [0.15, 0.2) is 35.1 Å². The maximum absolute atomic E-state index is 13.7. The van der Waals surface area contributed by atoms with Gasteiger partial charge in [0.1, 0.15) is 6.26 Å². The Kier molecular flexibility index (Phi) is 5.53. The third kappa shape index (κ3) is 4.08. The van der Waals surface area contributed by atoms with E-state index in [2.05, 4.69) is 5.32 Å². The Morgan fingerprint density at radius 1 is 1.21 bits per heavy atom. The number of halogens is 2. The first kappa shape index (κ1) is 19.7. The van der Waals surface area contributed by atoms with Gasteiger partial charge in [-0.2, -0.15) is 0 Å². The summed E-state index contributed by atoms with van der Waals surface area (Å²) in [5, 5.41) is 2.63. The van der Waals surface area contributed by atoms with Crippen LogP contribution in [0.5, 0.6) is 11.5 Å². The van der Waals surface area contributed by atoms with Crippen LogP contribution in [0.1, 0.15) is 33.6 Å². The predicted octanol–water partition coefficient (Wildman–Crippen LogP) is 3.42. The van der Waals surface area contributed by atoms with Crippen molar-refractivity contribution < 1.29 is 32.3 Å². The number of furan rings is 1. The number of amides is 2. The number of anilines is 1. The number of benzene rings is 1. The number of carbonyl (C=O) groups excluding carboxylic acids is 2. The molecule has 28 heavy (non-hydrogen) atoms. The van der Waals surface area contributed by atoms with Crippen molar-refractivity contribution in [3.05, 3.63) is 41.9 Å². The molecule has 0 unspecified atom stereocenters. The topological polar surface area (TPSA) is 81.0 Å². The van der Waals surface area contributed by atoms with E-state index in [1.54, 1.807) is 0 Å². The van der Waals surface area contributed by atoms with Crippen molar-refractivity contribution in [1.29, 1.82) is 0 Å². The van der Waals surface area contributed by atoms with Crippen LogP contribution in [-0.2, 0) is 0 Å². The number of methoxy groups -OCH3 is 2. The van der Waals surface area contributed by atoms with Crippen molar-refractivity contribution in [1.82, 2.24) is 4.90 Å². The number of carbonyl (C=O) groups is 2. The van der Waals surface area contributed by atoms with Crippen molar-refractivity contribution in [3.8, 4) is 11.5 Å². The van der Waals surface area contributed by atoms with Gasteiger partial charge in [-0.3, -0.25) is 9.59 Å². The minimum absolute atomic E-state index is 0.109. The molecule has 7 nitrogen and oxygen atoms in total. The molecule has 0 saturated carbocycles. The van der Waals surface area contributed by atoms with Gasteiger partial charge in [-0.05, 0) is 24.6 Å². The van der Waals surface area contributed by atoms with Crippen molar-refractivity contribution >= 4 is 17.5 Å². The standard InChI is InChI=1S/C19H20F2N2O5/c1-26-15-9-13(18(25)23-6-3-5-19(20,21)11-23)8-14(16(15)27-2)22-17(24)12-4-7-28-10-12/h4,7-10H,3,5-6,11H2,1-2H3,(H,22,24). The fourth-order valence-corrected chi connectivity index (χ4v) is 3.09. The van der Waals surface area contributed by atoms with Crippen LogP contribution in [0.2, 0.25) is 0 Å². The van der Waals surface area contributed by atoms with Gasteiger partial charge in [-0.15, -0.1) is 0 Å². The van der Waals surface area contributed by atoms with Gasteiger partial charge in [-0.25, -0.2) is 8.78 Å². The van der Waals surface area contributed by atoms with Gasteiger partial charge in [0.25, 0.3) is 17.7 Å². The second kappa shape index (κ2) is 7.87. The second-order valence-corrected chi connectivity index (χ2v) is 6.41. The van der Waals surface area contributed by atoms with E-state index in [0.717, 1.165) is 4.90 Å². The van der Waals surface area contributed by atoms with Crippen LogP contribution < -0.4 is 14.8 Å². The number of alkyl halides is 2. The largest absolute Gasteiger partial charge is 0.493 e. The fourth-order valence-electron chi connectivity index (χ4n) is 3.09. The molecule has 1 aromatic heterocycles. The Hall–Kier alpha value is -3.10. The first-order chi connectivity index (χ1) is 13.3. The van der Waals surface area contributed by atoms with E-state index in [4.69, 9.17) is 13.9 Å². The molecular weight excluding hydrogens is 374 g/mol. The Morgan fingerprint density at radius 2 is 2.00 bits per heavy atom. The summed E-state index contributed by atoms with van der Waals surface area (Å²) in [5.41, 5.74) is 0.562. The SMILES string of the molecule is COc1cc(C(=O)N2CCCC(F)(F)C2)cc(NC(=O)c2ccoc2)c1OC. The van der Waals surface area contributed by atoms with E-state index >= 15 is 0 Å². The van der Waals surface area contributed by atoms with Crippen LogP contribution >= 0.6 is 0 Å². The smallest absolute Gasteiger partial charge is 0.265 e. The lowest BCUT2D eigenvalue weighted by molar-refractivity contribution is -0.0560. The van der Waals surface area contributed by atoms with Gasteiger partial charge >= 0.3 is 0 Å². The quantitative estimate of drug-likeness (QED) is 0.841. The van der Waals surface area contributed by atoms with Crippen molar-refractivity contribution in [2.24, 2.45) is 0 Å². The highest BCUT2D eigenvalue weighted by molar-refractivity contribution is 6.06. The molecule has 0 radical (unpaired) electrons. The lowest BCUT2D eigenvalue weighted by atomic mass is 10.0. The zero-order valence-electron chi connectivity index (χ0n) is 15.5. The van der Waals surface area contributed by atoms with E-state index in [-0.39, 0.29) is 47.7 Å². The lowest BCUT2D eigenvalue weighted by Gasteiger charge is -2.32. The summed E-state index contributed by atoms with van der Waals surface area (Å²) in [7, 11) is 2.76. The van der Waals surface area contributed by atoms with Gasteiger partial charge in [0, 0.05) is 18.5 Å². The molecule has 2 aromatic rings. The number of nitrogens with one attached hydrogen (secondary N) is 1. The number of piperidine rings is 1. The molecule has 1 saturated heterocycles. The number of hydrogen-bond donors (Lipinski definition) is 1. The minimum atomic E-state index is -2.91. The normalized spacial score (nSPS) is 15.8. The van der Waals surface area contributed by atoms with Crippen LogP contribution in [0.3, 0.4) is 0 Å². The summed E-state index contributed by atoms with van der Waals surface area (Å²) in [6, 6.07) is 4.26. The van der Waals surface area contributed by atoms with Gasteiger partial charge in [-0.1, -0.05) is 0 Å². The third-order valence-corrected chi connectivity index (χ3v) is 4.44. The van der Waals surface area contributed by atoms with Crippen LogP contribution in [0, 0.1) is 0 Å². The van der Waals surface area contributed by atoms with Crippen LogP contribution in [0.4, 0.5) is 14.5 Å². The molecule has 0 atom stereocenters. The van der Waals surface area contributed by atoms with Gasteiger partial charge in [0.15, 0.2) is 11.5 Å². The Balaban J connectivity index is 1.93. The van der Waals surface area contributed by atoms with Gasteiger partial charge in [0.2, 0.25) is 0 Å². The molecule has 1 aliphatic heterocycles. The molecule has 9 heteroatoms. The summed E-state index contributed by atoms with van der Waals surface area (Å²) in [5.74, 6) is -3.56. The summed E-state index contributed by atoms with van der Waals surface area (Å²) in [6.07, 6.45) is 2.60. The number of likely N-dealkylation sites (tertiary alicyclic amines) is 1. The monoisotopic (exact) mass is 394 g/mol. The van der Waals surface area contributed by atoms with Crippen molar-refractivity contribution in [2.45, 2.75) is 18.8 Å². The summed E-state index contributed by atoms with van der Waals surface area (Å²) in [6.45, 7) is -0.406. The molecule has 1 N–H and O–H groups in total. The minimum Gasteiger partial charge on any atom is -0.493 e. The molecule has 0 spiro atoms. The van der Waals surface area contributed by atoms with E-state index in [0.29, 0.717) is 0 Å². The van der Waals surface area contributed by atoms with Crippen molar-refractivity contribution in [3.63, 3.8) is 0 Å². The number of ether oxygens (including phenoxy) is 2. The van der Waals surface area contributed by atoms with Crippen molar-refractivity contribution in [2.75, 3.05) is 32.6 Å². The fraction of sp³-hybridized carbons (Fsp3) is 0.368. The summed E-state index contributed by atoms with van der Waals surface area (Å²) in [4.78, 5) is 26.2. The van der Waals surface area contributed by atoms with Gasteiger partial charge < -0.3 is 24.1 Å². The highest BCUT2D eigenvalue weighted by Crippen LogP contribution is 2.38. The third-order valence-electron chi connectivity index (χ3n) is 4.44. The molecule has 1 aliphatic rings. The molecule has 2 heterocycles. The van der Waals surface area contributed by atoms with E-state index in [1.807, 2.05) is 0 Å². The lowest BCUT2D eigenvalue weighted by Crippen LogP contribution is -2.45. The average molecular weight is 394 g/mol. The second-order valence-electron chi connectivity index (χ2n) is 6.41. The number of hydrogen-bond acceptors (Lipinski definition) is 5. The zero-order valence-corrected chi connectivity index (χ0v) is 15.5. The molecule has 3 rings (SSSR count). The van der Waals surface area contributed by atoms with Crippen LogP contribution in [0.25, 0.3) is 0 Å². The Bertz CT molecular complexity index is 867. The molecule has 1 aromatic carbocycles. The number of rotatable bonds is 5. The molecule has 0 bridgehead atoms. The Labute approximate surface area is 160 Å². The molecule has 150 valence electrons. The highest BCUT2D eigenvalue weighted by Gasteiger charge is 2.37. The van der Waals surface area contributed by atoms with E-state index < -0.39 is 24.3 Å². The molecule has 2 amide bonds. The first-order valence-electron chi connectivity index (χ1n) is 8.61. The van der Waals surface area contributed by atoms with Gasteiger partial charge in [0.05, 0.1) is 38.3 Å². The Morgan fingerprint density at radius 3 is 2.61 bits per heavy atom. The maximum Gasteiger partial charge on any atom is 0.265 e. The highest BCUT2D eigenvalue weighted by atomic mass is 19.3. The molecular formula is C19H20F2N2O5. The number of nitrogens with zero attached hydrogens (tertiary/aromatic N) is 1. The maximum atomic E-state index is 13.7.